The average Bonchev–Trinajstić information content (AvgIpc) is 3.65. The summed E-state index contributed by atoms with van der Waals surface area (Å²) < 4.78 is 11.0. The van der Waals surface area contributed by atoms with Gasteiger partial charge in [-0.3, -0.25) is 10.1 Å². The predicted octanol–water partition coefficient (Wildman–Crippen LogP) is 6.53. The summed E-state index contributed by atoms with van der Waals surface area (Å²) in [5.41, 5.74) is 4.24. The van der Waals surface area contributed by atoms with Gasteiger partial charge in [-0.05, 0) is 18.2 Å². The second-order valence-electron chi connectivity index (χ2n) is 7.47. The van der Waals surface area contributed by atoms with E-state index in [0.717, 1.165) is 16.8 Å². The van der Waals surface area contributed by atoms with Crippen molar-refractivity contribution in [3.63, 3.8) is 0 Å². The number of thiazole rings is 1. The Morgan fingerprint density at radius 2 is 1.62 bits per heavy atom. The molecular formula is C26H16N4O3S. The molecule has 34 heavy (non-hydrogen) atoms. The molecule has 0 radical (unpaired) electrons. The Kier molecular flexibility index (Phi) is 4.97. The lowest BCUT2D eigenvalue weighted by molar-refractivity contribution is 0.102. The minimum Gasteiger partial charge on any atom is -0.463 e. The van der Waals surface area contributed by atoms with Crippen molar-refractivity contribution in [2.75, 3.05) is 5.32 Å². The van der Waals surface area contributed by atoms with Crippen molar-refractivity contribution in [3.8, 4) is 34.0 Å². The van der Waals surface area contributed by atoms with Gasteiger partial charge < -0.3 is 8.94 Å². The van der Waals surface area contributed by atoms with Gasteiger partial charge >= 0.3 is 0 Å². The van der Waals surface area contributed by atoms with Gasteiger partial charge in [0.1, 0.15) is 11.4 Å². The first-order valence-corrected chi connectivity index (χ1v) is 11.4. The number of benzene rings is 2. The topological polar surface area (TPSA) is 94.1 Å². The Labute approximate surface area is 197 Å². The second-order valence-corrected chi connectivity index (χ2v) is 8.33. The fraction of sp³-hybridized carbons (Fsp3) is 0. The lowest BCUT2D eigenvalue weighted by Crippen LogP contribution is -2.13. The molecule has 0 bridgehead atoms. The minimum absolute atomic E-state index is 0.252. The highest BCUT2D eigenvalue weighted by atomic mass is 32.1. The van der Waals surface area contributed by atoms with Gasteiger partial charge in [-0.15, -0.1) is 11.3 Å². The van der Waals surface area contributed by atoms with Crippen LogP contribution in [0.2, 0.25) is 0 Å². The second kappa shape index (κ2) is 8.42. The SMILES string of the molecule is O=C(Nc1nc(-c2ccccc2)cs1)c1cc(-c2ccco2)nc2onc(-c3ccccc3)c12. The number of anilines is 1. The van der Waals surface area contributed by atoms with Gasteiger partial charge in [0, 0.05) is 16.5 Å². The molecule has 0 spiro atoms. The van der Waals surface area contributed by atoms with Crippen LogP contribution in [0.5, 0.6) is 0 Å². The molecule has 4 heterocycles. The van der Waals surface area contributed by atoms with Crippen molar-refractivity contribution in [1.29, 1.82) is 0 Å². The molecule has 0 saturated carbocycles. The third-order valence-corrected chi connectivity index (χ3v) is 6.06. The molecule has 0 saturated heterocycles. The largest absolute Gasteiger partial charge is 0.463 e. The number of carbonyl (C=O) groups excluding carboxylic acids is 1. The molecule has 6 aromatic rings. The smallest absolute Gasteiger partial charge is 0.259 e. The lowest BCUT2D eigenvalue weighted by atomic mass is 10.0. The molecule has 7 nitrogen and oxygen atoms in total. The number of fused-ring (bicyclic) bond motifs is 1. The van der Waals surface area contributed by atoms with Crippen molar-refractivity contribution >= 4 is 33.5 Å². The first-order valence-electron chi connectivity index (χ1n) is 10.5. The quantitative estimate of drug-likeness (QED) is 0.312. The summed E-state index contributed by atoms with van der Waals surface area (Å²) in [4.78, 5) is 22.6. The summed E-state index contributed by atoms with van der Waals surface area (Å²) in [6, 6.07) is 24.6. The van der Waals surface area contributed by atoms with E-state index in [2.05, 4.69) is 20.4 Å². The Hall–Kier alpha value is -4.56. The highest BCUT2D eigenvalue weighted by molar-refractivity contribution is 7.14. The first-order chi connectivity index (χ1) is 16.8. The monoisotopic (exact) mass is 464 g/mol. The first kappa shape index (κ1) is 20.1. The molecule has 0 unspecified atom stereocenters. The van der Waals surface area contributed by atoms with Crippen molar-refractivity contribution in [2.45, 2.75) is 0 Å². The van der Waals surface area contributed by atoms with E-state index in [1.54, 1.807) is 24.5 Å². The van der Waals surface area contributed by atoms with E-state index in [9.17, 15) is 4.79 Å². The van der Waals surface area contributed by atoms with E-state index in [1.807, 2.05) is 66.0 Å². The molecular weight excluding hydrogens is 448 g/mol. The van der Waals surface area contributed by atoms with E-state index in [-0.39, 0.29) is 11.6 Å². The van der Waals surface area contributed by atoms with E-state index in [1.165, 1.54) is 11.3 Å². The van der Waals surface area contributed by atoms with Crippen LogP contribution in [0.25, 0.3) is 45.1 Å². The van der Waals surface area contributed by atoms with Gasteiger partial charge in [0.25, 0.3) is 11.6 Å². The van der Waals surface area contributed by atoms with Gasteiger partial charge in [-0.1, -0.05) is 65.8 Å². The number of carbonyl (C=O) groups is 1. The number of hydrogen-bond acceptors (Lipinski definition) is 7. The average molecular weight is 465 g/mol. The summed E-state index contributed by atoms with van der Waals surface area (Å²) >= 11 is 1.36. The zero-order valence-electron chi connectivity index (χ0n) is 17.6. The number of pyridine rings is 1. The van der Waals surface area contributed by atoms with Crippen molar-refractivity contribution < 1.29 is 13.7 Å². The van der Waals surface area contributed by atoms with Gasteiger partial charge in [-0.2, -0.15) is 0 Å². The Morgan fingerprint density at radius 1 is 0.853 bits per heavy atom. The summed E-state index contributed by atoms with van der Waals surface area (Å²) in [6.45, 7) is 0. The number of aromatic nitrogens is 3. The van der Waals surface area contributed by atoms with Crippen LogP contribution in [0.1, 0.15) is 10.4 Å². The zero-order valence-corrected chi connectivity index (χ0v) is 18.5. The number of nitrogens with one attached hydrogen (secondary N) is 1. The fourth-order valence-corrected chi connectivity index (χ4v) is 4.43. The molecule has 4 aromatic heterocycles. The van der Waals surface area contributed by atoms with E-state index in [0.29, 0.717) is 33.2 Å². The van der Waals surface area contributed by atoms with Crippen LogP contribution in [0.4, 0.5) is 5.13 Å². The maximum absolute atomic E-state index is 13.5. The third-order valence-electron chi connectivity index (χ3n) is 5.31. The van der Waals surface area contributed by atoms with Crippen LogP contribution in [0.3, 0.4) is 0 Å². The van der Waals surface area contributed by atoms with Crippen LogP contribution in [-0.4, -0.2) is 21.0 Å². The van der Waals surface area contributed by atoms with Crippen LogP contribution < -0.4 is 5.32 Å². The van der Waals surface area contributed by atoms with Crippen LogP contribution >= 0.6 is 11.3 Å². The van der Waals surface area contributed by atoms with E-state index in [4.69, 9.17) is 8.94 Å². The van der Waals surface area contributed by atoms with Crippen LogP contribution in [0, 0.1) is 0 Å². The number of amides is 1. The van der Waals surface area contributed by atoms with Crippen LogP contribution in [-0.2, 0) is 0 Å². The Bertz CT molecular complexity index is 1590. The normalized spacial score (nSPS) is 11.1. The molecule has 1 N–H and O–H groups in total. The number of furan rings is 1. The van der Waals surface area contributed by atoms with Crippen LogP contribution in [0.15, 0.2) is 99.4 Å². The molecule has 0 aliphatic carbocycles. The standard InChI is InChI=1S/C26H16N4O3S/c31-24(29-26-28-20(15-34-26)16-8-3-1-4-9-16)18-14-19(21-12-7-13-32-21)27-25-22(18)23(30-33-25)17-10-5-2-6-11-17/h1-15H,(H,28,29,31). The summed E-state index contributed by atoms with van der Waals surface area (Å²) in [6.07, 6.45) is 1.55. The number of hydrogen-bond donors (Lipinski definition) is 1. The highest BCUT2D eigenvalue weighted by Gasteiger charge is 2.23. The van der Waals surface area contributed by atoms with Crippen molar-refractivity contribution in [2.24, 2.45) is 0 Å². The molecule has 6 rings (SSSR count). The third kappa shape index (κ3) is 3.66. The molecule has 1 amide bonds. The van der Waals surface area contributed by atoms with E-state index < -0.39 is 0 Å². The van der Waals surface area contributed by atoms with Crippen molar-refractivity contribution in [1.82, 2.24) is 15.1 Å². The molecule has 0 aliphatic heterocycles. The van der Waals surface area contributed by atoms with Gasteiger partial charge in [0.2, 0.25) is 0 Å². The predicted molar refractivity (Wildman–Crippen MR) is 130 cm³/mol. The summed E-state index contributed by atoms with van der Waals surface area (Å²) in [5, 5.41) is 10.1. The lowest BCUT2D eigenvalue weighted by Gasteiger charge is -2.06. The number of rotatable bonds is 5. The minimum atomic E-state index is -0.338. The Balaban J connectivity index is 1.43. The van der Waals surface area contributed by atoms with Crippen molar-refractivity contribution in [3.05, 3.63) is 96.1 Å². The Morgan fingerprint density at radius 3 is 2.35 bits per heavy atom. The summed E-state index contributed by atoms with van der Waals surface area (Å²) in [5.74, 6) is 0.184. The molecule has 2 aromatic carbocycles. The van der Waals surface area contributed by atoms with E-state index >= 15 is 0 Å². The molecule has 8 heteroatoms. The number of nitrogens with zero attached hydrogens (tertiary/aromatic N) is 3. The molecule has 164 valence electrons. The maximum atomic E-state index is 13.5. The molecule has 0 atom stereocenters. The molecule has 0 aliphatic rings. The maximum Gasteiger partial charge on any atom is 0.259 e. The van der Waals surface area contributed by atoms with Gasteiger partial charge in [0.15, 0.2) is 10.9 Å². The van der Waals surface area contributed by atoms with Gasteiger partial charge in [0.05, 0.1) is 22.9 Å². The van der Waals surface area contributed by atoms with Gasteiger partial charge in [-0.25, -0.2) is 9.97 Å². The molecule has 0 fully saturated rings. The highest BCUT2D eigenvalue weighted by Crippen LogP contribution is 2.33. The fourth-order valence-electron chi connectivity index (χ4n) is 3.71. The zero-order chi connectivity index (χ0) is 22.9. The summed E-state index contributed by atoms with van der Waals surface area (Å²) in [7, 11) is 0.